The summed E-state index contributed by atoms with van der Waals surface area (Å²) in [5, 5.41) is 3.24. The summed E-state index contributed by atoms with van der Waals surface area (Å²) < 4.78 is 66.4. The van der Waals surface area contributed by atoms with Crippen LogP contribution in [0.1, 0.15) is 47.8 Å². The number of rotatable bonds is 7. The molecule has 186 valence electrons. The van der Waals surface area contributed by atoms with Crippen LogP contribution in [0.25, 0.3) is 0 Å². The van der Waals surface area contributed by atoms with Crippen molar-refractivity contribution < 1.29 is 26.4 Å². The Hall–Kier alpha value is -1.88. The van der Waals surface area contributed by atoms with Crippen LogP contribution < -0.4 is 5.32 Å². The van der Waals surface area contributed by atoms with E-state index in [2.05, 4.69) is 10.3 Å². The number of hydrogen-bond acceptors (Lipinski definition) is 4. The van der Waals surface area contributed by atoms with Gasteiger partial charge in [0, 0.05) is 42.0 Å². The van der Waals surface area contributed by atoms with E-state index in [4.69, 9.17) is 23.2 Å². The maximum absolute atomic E-state index is 13.4. The number of amides is 1. The lowest BCUT2D eigenvalue weighted by atomic mass is 9.75. The van der Waals surface area contributed by atoms with Crippen LogP contribution in [0.5, 0.6) is 0 Å². The predicted molar refractivity (Wildman–Crippen MR) is 125 cm³/mol. The Morgan fingerprint density at radius 3 is 2.44 bits per heavy atom. The number of sulfonamides is 1. The first-order valence-corrected chi connectivity index (χ1v) is 13.0. The molecule has 0 unspecified atom stereocenters. The lowest BCUT2D eigenvalue weighted by Gasteiger charge is -2.41. The third-order valence-corrected chi connectivity index (χ3v) is 8.55. The number of pyridine rings is 1. The molecule has 0 bridgehead atoms. The van der Waals surface area contributed by atoms with Crippen molar-refractivity contribution >= 4 is 39.1 Å². The number of halogens is 5. The first-order valence-electron chi connectivity index (χ1n) is 10.6. The molecule has 1 aromatic carbocycles. The van der Waals surface area contributed by atoms with Crippen molar-refractivity contribution in [2.24, 2.45) is 0 Å². The van der Waals surface area contributed by atoms with Crippen molar-refractivity contribution in [2.45, 2.75) is 37.8 Å². The van der Waals surface area contributed by atoms with E-state index in [1.54, 1.807) is 6.92 Å². The van der Waals surface area contributed by atoms with Crippen LogP contribution in [-0.4, -0.2) is 49.0 Å². The second-order valence-corrected chi connectivity index (χ2v) is 11.2. The summed E-state index contributed by atoms with van der Waals surface area (Å²) in [5.74, 6) is -0.526. The van der Waals surface area contributed by atoms with Gasteiger partial charge in [0.25, 0.3) is 5.91 Å². The van der Waals surface area contributed by atoms with Gasteiger partial charge in [-0.3, -0.25) is 9.78 Å². The van der Waals surface area contributed by atoms with Gasteiger partial charge in [-0.15, -0.1) is 0 Å². The molecule has 34 heavy (non-hydrogen) atoms. The average molecular weight is 538 g/mol. The highest BCUT2D eigenvalue weighted by Crippen LogP contribution is 2.38. The van der Waals surface area contributed by atoms with Gasteiger partial charge in [-0.1, -0.05) is 30.1 Å². The molecule has 2 aromatic rings. The molecule has 1 aliphatic heterocycles. The molecule has 1 aromatic heterocycles. The summed E-state index contributed by atoms with van der Waals surface area (Å²) in [6, 6.07) is 6.22. The van der Waals surface area contributed by atoms with Gasteiger partial charge >= 0.3 is 6.18 Å². The largest absolute Gasteiger partial charge is 0.416 e. The molecule has 0 spiro atoms. The van der Waals surface area contributed by atoms with Gasteiger partial charge in [-0.05, 0) is 49.6 Å². The molecule has 3 rings (SSSR count). The third kappa shape index (κ3) is 6.02. The molecule has 2 heterocycles. The molecule has 0 radical (unpaired) electrons. The zero-order valence-electron chi connectivity index (χ0n) is 18.3. The molecular formula is C22H24Cl2F3N3O3S. The molecule has 1 N–H and O–H groups in total. The monoisotopic (exact) mass is 537 g/mol. The average Bonchev–Trinajstić information content (AvgIpc) is 2.77. The van der Waals surface area contributed by atoms with Crippen molar-refractivity contribution in [3.63, 3.8) is 0 Å². The maximum atomic E-state index is 13.4. The Bertz CT molecular complexity index is 1150. The van der Waals surface area contributed by atoms with E-state index < -0.39 is 33.1 Å². The number of alkyl halides is 3. The Morgan fingerprint density at radius 1 is 1.18 bits per heavy atom. The second-order valence-electron chi connectivity index (χ2n) is 8.23. The quantitative estimate of drug-likeness (QED) is 0.544. The van der Waals surface area contributed by atoms with E-state index >= 15 is 0 Å². The number of hydrogen-bond donors (Lipinski definition) is 1. The lowest BCUT2D eigenvalue weighted by molar-refractivity contribution is -0.137. The first-order chi connectivity index (χ1) is 15.9. The van der Waals surface area contributed by atoms with Gasteiger partial charge in [0.1, 0.15) is 0 Å². The number of aromatic nitrogens is 1. The molecule has 1 amide bonds. The normalized spacial score (nSPS) is 16.9. The Kier molecular flexibility index (Phi) is 8.17. The summed E-state index contributed by atoms with van der Waals surface area (Å²) >= 11 is 12.0. The van der Waals surface area contributed by atoms with E-state index in [9.17, 15) is 26.4 Å². The first kappa shape index (κ1) is 26.7. The highest BCUT2D eigenvalue weighted by Gasteiger charge is 2.42. The van der Waals surface area contributed by atoms with E-state index in [1.165, 1.54) is 22.5 Å². The van der Waals surface area contributed by atoms with Crippen LogP contribution in [0, 0.1) is 0 Å². The summed E-state index contributed by atoms with van der Waals surface area (Å²) in [7, 11) is -3.47. The summed E-state index contributed by atoms with van der Waals surface area (Å²) in [6.07, 6.45) is -2.64. The van der Waals surface area contributed by atoms with Gasteiger partial charge < -0.3 is 5.32 Å². The molecule has 0 saturated carbocycles. The zero-order valence-corrected chi connectivity index (χ0v) is 20.7. The van der Waals surface area contributed by atoms with E-state index in [1.807, 2.05) is 0 Å². The number of carbonyl (C=O) groups excluding carboxylic acids is 1. The Balaban J connectivity index is 1.90. The van der Waals surface area contributed by atoms with Gasteiger partial charge in [-0.2, -0.15) is 13.2 Å². The minimum Gasteiger partial charge on any atom is -0.351 e. The van der Waals surface area contributed by atoms with Crippen molar-refractivity contribution in [3.8, 4) is 0 Å². The minimum atomic E-state index is -4.57. The van der Waals surface area contributed by atoms with Crippen molar-refractivity contribution in [1.29, 1.82) is 0 Å². The molecule has 12 heteroatoms. The maximum Gasteiger partial charge on any atom is 0.416 e. The molecule has 1 saturated heterocycles. The molecular weight excluding hydrogens is 514 g/mol. The Morgan fingerprint density at radius 2 is 1.85 bits per heavy atom. The molecule has 6 nitrogen and oxygen atoms in total. The van der Waals surface area contributed by atoms with Crippen molar-refractivity contribution in [1.82, 2.24) is 14.6 Å². The molecule has 1 aliphatic rings. The smallest absolute Gasteiger partial charge is 0.351 e. The van der Waals surface area contributed by atoms with Gasteiger partial charge in [0.2, 0.25) is 10.0 Å². The number of piperidine rings is 1. The number of benzene rings is 1. The minimum absolute atomic E-state index is 0.00634. The van der Waals surface area contributed by atoms with Crippen molar-refractivity contribution in [3.05, 3.63) is 63.4 Å². The van der Waals surface area contributed by atoms with Crippen LogP contribution in [-0.2, 0) is 21.6 Å². The highest BCUT2D eigenvalue weighted by atomic mass is 35.5. The lowest BCUT2D eigenvalue weighted by Crippen LogP contribution is -2.51. The second kappa shape index (κ2) is 10.4. The third-order valence-electron chi connectivity index (χ3n) is 5.93. The summed E-state index contributed by atoms with van der Waals surface area (Å²) in [5.41, 5.74) is -1.53. The Labute approximate surface area is 206 Å². The molecule has 0 atom stereocenters. The van der Waals surface area contributed by atoms with Crippen LogP contribution in [0.4, 0.5) is 13.2 Å². The predicted octanol–water partition coefficient (Wildman–Crippen LogP) is 4.91. The fourth-order valence-electron chi connectivity index (χ4n) is 4.02. The van der Waals surface area contributed by atoms with Crippen LogP contribution in [0.2, 0.25) is 10.0 Å². The van der Waals surface area contributed by atoms with Crippen LogP contribution in [0.3, 0.4) is 0 Å². The molecule has 0 aliphatic carbocycles. The molecule has 1 fully saturated rings. The van der Waals surface area contributed by atoms with E-state index in [0.29, 0.717) is 11.4 Å². The number of carbonyl (C=O) groups is 1. The SMILES string of the molecule is CCCS(=O)(=O)N1CCC(CNC(=O)c2ccc(Cl)cc2Cl)(c2cc(C(F)(F)F)ccn2)CC1. The number of nitrogens with zero attached hydrogens (tertiary/aromatic N) is 2. The van der Waals surface area contributed by atoms with Crippen LogP contribution in [0.15, 0.2) is 36.5 Å². The fraction of sp³-hybridized carbons (Fsp3) is 0.455. The van der Waals surface area contributed by atoms with E-state index in [0.717, 1.165) is 18.3 Å². The summed E-state index contributed by atoms with van der Waals surface area (Å²) in [6.45, 7) is 1.94. The summed E-state index contributed by atoms with van der Waals surface area (Å²) in [4.78, 5) is 17.0. The topological polar surface area (TPSA) is 79.4 Å². The fourth-order valence-corrected chi connectivity index (χ4v) is 6.03. The standard InChI is InChI=1S/C22H24Cl2F3N3O3S/c1-2-11-34(32,33)30-9-6-21(7-10-30,19-12-15(5-8-28-19)22(25,26)27)14-29-20(31)17-4-3-16(23)13-18(17)24/h3-5,8,12-13H,2,6-7,9-11,14H2,1H3,(H,29,31). The van der Waals surface area contributed by atoms with E-state index in [-0.39, 0.29) is 54.5 Å². The van der Waals surface area contributed by atoms with Crippen LogP contribution >= 0.6 is 23.2 Å². The zero-order chi connectivity index (χ0) is 25.1. The number of nitrogens with one attached hydrogen (secondary N) is 1. The van der Waals surface area contributed by atoms with Gasteiger partial charge in [-0.25, -0.2) is 12.7 Å². The van der Waals surface area contributed by atoms with Crippen molar-refractivity contribution in [2.75, 3.05) is 25.4 Å². The van der Waals surface area contributed by atoms with Gasteiger partial charge in [0.15, 0.2) is 0 Å². The highest BCUT2D eigenvalue weighted by molar-refractivity contribution is 7.89. The van der Waals surface area contributed by atoms with Gasteiger partial charge in [0.05, 0.1) is 21.9 Å².